The van der Waals surface area contributed by atoms with E-state index in [0.29, 0.717) is 19.3 Å². The summed E-state index contributed by atoms with van der Waals surface area (Å²) >= 11 is 0. The van der Waals surface area contributed by atoms with E-state index in [0.717, 1.165) is 19.4 Å². The van der Waals surface area contributed by atoms with Crippen molar-refractivity contribution >= 4 is 0 Å². The van der Waals surface area contributed by atoms with E-state index in [-0.39, 0.29) is 6.29 Å². The summed E-state index contributed by atoms with van der Waals surface area (Å²) in [5.74, 6) is 0. The van der Waals surface area contributed by atoms with Gasteiger partial charge in [-0.3, -0.25) is 0 Å². The molecule has 1 aliphatic heterocycles. The fourth-order valence-corrected chi connectivity index (χ4v) is 1.30. The molecule has 0 amide bonds. The van der Waals surface area contributed by atoms with Gasteiger partial charge in [-0.25, -0.2) is 0 Å². The van der Waals surface area contributed by atoms with Crippen LogP contribution in [0.1, 0.15) is 26.7 Å². The molecule has 0 radical (unpaired) electrons. The van der Waals surface area contributed by atoms with E-state index >= 15 is 0 Å². The molecule has 3 heteroatoms. The molecule has 1 heterocycles. The third-order valence-corrected chi connectivity index (χ3v) is 1.94. The zero-order chi connectivity index (χ0) is 8.81. The van der Waals surface area contributed by atoms with Crippen molar-refractivity contribution in [3.8, 4) is 0 Å². The van der Waals surface area contributed by atoms with Crippen molar-refractivity contribution < 1.29 is 14.2 Å². The summed E-state index contributed by atoms with van der Waals surface area (Å²) < 4.78 is 16.0. The highest BCUT2D eigenvalue weighted by atomic mass is 16.7. The standard InChI is InChI=1S/C9H18O3/c1-3-10-8(2)12-7-9-5-4-6-11-9/h8-9H,3-7H2,1-2H3. The molecule has 1 saturated heterocycles. The summed E-state index contributed by atoms with van der Waals surface area (Å²) in [5, 5.41) is 0. The van der Waals surface area contributed by atoms with Crippen LogP contribution >= 0.6 is 0 Å². The molecule has 3 nitrogen and oxygen atoms in total. The summed E-state index contributed by atoms with van der Waals surface area (Å²) in [4.78, 5) is 0. The fraction of sp³-hybridized carbons (Fsp3) is 1.00. The SMILES string of the molecule is CCOC(C)OCC1CCCO1. The van der Waals surface area contributed by atoms with E-state index < -0.39 is 0 Å². The van der Waals surface area contributed by atoms with E-state index in [1.165, 1.54) is 0 Å². The molecule has 1 aliphatic rings. The van der Waals surface area contributed by atoms with Gasteiger partial charge in [0.05, 0.1) is 12.7 Å². The van der Waals surface area contributed by atoms with Crippen LogP contribution in [0.15, 0.2) is 0 Å². The van der Waals surface area contributed by atoms with E-state index in [4.69, 9.17) is 14.2 Å². The van der Waals surface area contributed by atoms with Crippen molar-refractivity contribution in [2.75, 3.05) is 19.8 Å². The molecule has 0 aromatic heterocycles. The van der Waals surface area contributed by atoms with Crippen molar-refractivity contribution in [3.05, 3.63) is 0 Å². The molecule has 0 bridgehead atoms. The summed E-state index contributed by atoms with van der Waals surface area (Å²) in [5.41, 5.74) is 0. The largest absolute Gasteiger partial charge is 0.376 e. The van der Waals surface area contributed by atoms with Crippen LogP contribution in [0, 0.1) is 0 Å². The van der Waals surface area contributed by atoms with E-state index in [1.54, 1.807) is 0 Å². The smallest absolute Gasteiger partial charge is 0.154 e. The molecule has 0 N–H and O–H groups in total. The molecule has 0 spiro atoms. The van der Waals surface area contributed by atoms with Crippen molar-refractivity contribution in [1.29, 1.82) is 0 Å². The van der Waals surface area contributed by atoms with Crippen LogP contribution in [0.25, 0.3) is 0 Å². The monoisotopic (exact) mass is 174 g/mol. The predicted octanol–water partition coefficient (Wildman–Crippen LogP) is 1.56. The number of hydrogen-bond acceptors (Lipinski definition) is 3. The number of rotatable bonds is 5. The second-order valence-electron chi connectivity index (χ2n) is 2.99. The Labute approximate surface area is 74.0 Å². The Kier molecular flexibility index (Phi) is 4.58. The van der Waals surface area contributed by atoms with Crippen molar-refractivity contribution in [2.45, 2.75) is 39.1 Å². The number of ether oxygens (including phenoxy) is 3. The van der Waals surface area contributed by atoms with Gasteiger partial charge in [0.2, 0.25) is 0 Å². The van der Waals surface area contributed by atoms with Crippen LogP contribution in [0.4, 0.5) is 0 Å². The van der Waals surface area contributed by atoms with Crippen molar-refractivity contribution in [2.24, 2.45) is 0 Å². The van der Waals surface area contributed by atoms with Crippen LogP contribution < -0.4 is 0 Å². The van der Waals surface area contributed by atoms with E-state index in [9.17, 15) is 0 Å². The quantitative estimate of drug-likeness (QED) is 0.592. The highest BCUT2D eigenvalue weighted by molar-refractivity contribution is 4.63. The first-order chi connectivity index (χ1) is 5.83. The first kappa shape index (κ1) is 9.96. The van der Waals surface area contributed by atoms with Crippen LogP contribution in [0.3, 0.4) is 0 Å². The van der Waals surface area contributed by atoms with Crippen molar-refractivity contribution in [3.63, 3.8) is 0 Å². The molecule has 2 atom stereocenters. The Hall–Kier alpha value is -0.120. The van der Waals surface area contributed by atoms with Gasteiger partial charge in [-0.1, -0.05) is 0 Å². The zero-order valence-corrected chi connectivity index (χ0v) is 7.91. The normalized spacial score (nSPS) is 26.0. The second-order valence-corrected chi connectivity index (χ2v) is 2.99. The Morgan fingerprint density at radius 1 is 1.50 bits per heavy atom. The van der Waals surface area contributed by atoms with Gasteiger partial charge in [0.25, 0.3) is 0 Å². The van der Waals surface area contributed by atoms with Gasteiger partial charge in [-0.15, -0.1) is 0 Å². The maximum Gasteiger partial charge on any atom is 0.154 e. The summed E-state index contributed by atoms with van der Waals surface area (Å²) in [6, 6.07) is 0. The highest BCUT2D eigenvalue weighted by Gasteiger charge is 2.16. The fourth-order valence-electron chi connectivity index (χ4n) is 1.30. The first-order valence-corrected chi connectivity index (χ1v) is 4.67. The Morgan fingerprint density at radius 3 is 2.92 bits per heavy atom. The molecule has 0 aromatic rings. The van der Waals surface area contributed by atoms with Gasteiger partial charge in [0.15, 0.2) is 6.29 Å². The lowest BCUT2D eigenvalue weighted by Gasteiger charge is -2.15. The van der Waals surface area contributed by atoms with Crippen LogP contribution in [-0.4, -0.2) is 32.2 Å². The minimum absolute atomic E-state index is 0.0980. The molecule has 72 valence electrons. The molecule has 0 aliphatic carbocycles. The Bertz CT molecular complexity index is 110. The topological polar surface area (TPSA) is 27.7 Å². The zero-order valence-electron chi connectivity index (χ0n) is 7.91. The van der Waals surface area contributed by atoms with E-state index in [2.05, 4.69) is 0 Å². The maximum atomic E-state index is 5.42. The molecule has 0 saturated carbocycles. The van der Waals surface area contributed by atoms with E-state index in [1.807, 2.05) is 13.8 Å². The third kappa shape index (κ3) is 3.52. The summed E-state index contributed by atoms with van der Waals surface area (Å²) in [6.45, 7) is 6.13. The molecular weight excluding hydrogens is 156 g/mol. The molecular formula is C9H18O3. The molecule has 2 unspecified atom stereocenters. The summed E-state index contributed by atoms with van der Waals surface area (Å²) in [6.07, 6.45) is 2.49. The lowest BCUT2D eigenvalue weighted by Crippen LogP contribution is -2.21. The van der Waals surface area contributed by atoms with Gasteiger partial charge in [-0.05, 0) is 26.7 Å². The summed E-state index contributed by atoms with van der Waals surface area (Å²) in [7, 11) is 0. The van der Waals surface area contributed by atoms with Gasteiger partial charge in [0.1, 0.15) is 0 Å². The average Bonchev–Trinajstić information content (AvgIpc) is 2.53. The molecule has 0 aromatic carbocycles. The van der Waals surface area contributed by atoms with Crippen LogP contribution in [0.2, 0.25) is 0 Å². The molecule has 1 fully saturated rings. The maximum absolute atomic E-state index is 5.42. The van der Waals surface area contributed by atoms with Gasteiger partial charge in [-0.2, -0.15) is 0 Å². The van der Waals surface area contributed by atoms with Gasteiger partial charge in [0, 0.05) is 13.2 Å². The third-order valence-electron chi connectivity index (χ3n) is 1.94. The predicted molar refractivity (Wildman–Crippen MR) is 46.0 cm³/mol. The van der Waals surface area contributed by atoms with Crippen LogP contribution in [-0.2, 0) is 14.2 Å². The number of hydrogen-bond donors (Lipinski definition) is 0. The highest BCUT2D eigenvalue weighted by Crippen LogP contribution is 2.12. The van der Waals surface area contributed by atoms with Crippen molar-refractivity contribution in [1.82, 2.24) is 0 Å². The molecule has 12 heavy (non-hydrogen) atoms. The Morgan fingerprint density at radius 2 is 2.33 bits per heavy atom. The lowest BCUT2D eigenvalue weighted by molar-refractivity contribution is -0.145. The lowest BCUT2D eigenvalue weighted by atomic mass is 10.2. The second kappa shape index (κ2) is 5.51. The average molecular weight is 174 g/mol. The minimum atomic E-state index is -0.0980. The van der Waals surface area contributed by atoms with Crippen LogP contribution in [0.5, 0.6) is 0 Å². The first-order valence-electron chi connectivity index (χ1n) is 4.67. The minimum Gasteiger partial charge on any atom is -0.376 e. The van der Waals surface area contributed by atoms with Gasteiger partial charge >= 0.3 is 0 Å². The Balaban J connectivity index is 1.99. The van der Waals surface area contributed by atoms with Gasteiger partial charge < -0.3 is 14.2 Å². The molecule has 1 rings (SSSR count).